The van der Waals surface area contributed by atoms with E-state index in [4.69, 9.17) is 16.0 Å². The Labute approximate surface area is 94.8 Å². The Morgan fingerprint density at radius 3 is 2.67 bits per heavy atom. The quantitative estimate of drug-likeness (QED) is 0.807. The first kappa shape index (κ1) is 12.1. The zero-order chi connectivity index (χ0) is 11.4. The number of aryl methyl sites for hydroxylation is 1. The highest BCUT2D eigenvalue weighted by atomic mass is 35.5. The van der Waals surface area contributed by atoms with Gasteiger partial charge < -0.3 is 9.73 Å². The second-order valence-electron chi connectivity index (χ2n) is 3.88. The number of amides is 1. The summed E-state index contributed by atoms with van der Waals surface area (Å²) in [5, 5.41) is 2.68. The molecule has 0 spiro atoms. The second-order valence-corrected chi connectivity index (χ2v) is 4.44. The van der Waals surface area contributed by atoms with Gasteiger partial charge in [0.25, 0.3) is 5.91 Å². The van der Waals surface area contributed by atoms with E-state index < -0.39 is 0 Å². The van der Waals surface area contributed by atoms with E-state index in [0.29, 0.717) is 18.2 Å². The summed E-state index contributed by atoms with van der Waals surface area (Å²) in [5.41, 5.74) is 0. The molecule has 0 aliphatic rings. The Balaban J connectivity index is 2.43. The van der Waals surface area contributed by atoms with Crippen LogP contribution in [0.5, 0.6) is 0 Å². The van der Waals surface area contributed by atoms with Gasteiger partial charge in [-0.25, -0.2) is 0 Å². The van der Waals surface area contributed by atoms with E-state index in [-0.39, 0.29) is 11.3 Å². The van der Waals surface area contributed by atoms with Crippen molar-refractivity contribution in [3.05, 3.63) is 23.7 Å². The SMILES string of the molecule is Cc1ccc(C(=O)NCC(Cl)C(C)C)o1. The molecule has 4 heteroatoms. The van der Waals surface area contributed by atoms with Crippen molar-refractivity contribution in [1.29, 1.82) is 0 Å². The molecule has 0 aromatic carbocycles. The van der Waals surface area contributed by atoms with Gasteiger partial charge in [-0.1, -0.05) is 13.8 Å². The van der Waals surface area contributed by atoms with Gasteiger partial charge in [-0.2, -0.15) is 0 Å². The predicted molar refractivity (Wildman–Crippen MR) is 60.3 cm³/mol. The summed E-state index contributed by atoms with van der Waals surface area (Å²) in [6, 6.07) is 3.42. The molecule has 15 heavy (non-hydrogen) atoms. The van der Waals surface area contributed by atoms with Crippen molar-refractivity contribution in [1.82, 2.24) is 5.32 Å². The molecule has 84 valence electrons. The van der Waals surface area contributed by atoms with Crippen molar-refractivity contribution in [3.63, 3.8) is 0 Å². The molecule has 0 bridgehead atoms. The summed E-state index contributed by atoms with van der Waals surface area (Å²) in [6.07, 6.45) is 0. The lowest BCUT2D eigenvalue weighted by molar-refractivity contribution is 0.0923. The molecule has 3 nitrogen and oxygen atoms in total. The molecule has 1 atom stereocenters. The number of furan rings is 1. The van der Waals surface area contributed by atoms with Crippen LogP contribution in [0.2, 0.25) is 0 Å². The summed E-state index contributed by atoms with van der Waals surface area (Å²) < 4.78 is 5.18. The molecule has 1 unspecified atom stereocenters. The first-order valence-corrected chi connectivity index (χ1v) is 5.43. The number of alkyl halides is 1. The summed E-state index contributed by atoms with van der Waals surface area (Å²) >= 11 is 6.01. The third-order valence-electron chi connectivity index (χ3n) is 2.15. The van der Waals surface area contributed by atoms with Crippen LogP contribution in [-0.2, 0) is 0 Å². The lowest BCUT2D eigenvalue weighted by Crippen LogP contribution is -2.31. The zero-order valence-corrected chi connectivity index (χ0v) is 9.97. The molecule has 0 saturated carbocycles. The maximum Gasteiger partial charge on any atom is 0.287 e. The molecule has 0 radical (unpaired) electrons. The maximum absolute atomic E-state index is 11.5. The number of halogens is 1. The van der Waals surface area contributed by atoms with Gasteiger partial charge in [-0.3, -0.25) is 4.79 Å². The van der Waals surface area contributed by atoms with E-state index in [2.05, 4.69) is 5.32 Å². The average molecular weight is 230 g/mol. The van der Waals surface area contributed by atoms with Crippen molar-refractivity contribution < 1.29 is 9.21 Å². The smallest absolute Gasteiger partial charge is 0.287 e. The second kappa shape index (κ2) is 5.21. The fraction of sp³-hybridized carbons (Fsp3) is 0.545. The van der Waals surface area contributed by atoms with Crippen LogP contribution in [0.3, 0.4) is 0 Å². The number of carbonyl (C=O) groups is 1. The number of hydrogen-bond donors (Lipinski definition) is 1. The van der Waals surface area contributed by atoms with Crippen LogP contribution in [0.1, 0.15) is 30.2 Å². The van der Waals surface area contributed by atoms with E-state index in [1.807, 2.05) is 13.8 Å². The minimum absolute atomic E-state index is 0.0509. The monoisotopic (exact) mass is 229 g/mol. The lowest BCUT2D eigenvalue weighted by atomic mass is 10.1. The van der Waals surface area contributed by atoms with Gasteiger partial charge in [0.15, 0.2) is 5.76 Å². The number of nitrogens with one attached hydrogen (secondary N) is 1. The topological polar surface area (TPSA) is 42.2 Å². The highest BCUT2D eigenvalue weighted by molar-refractivity contribution is 6.21. The normalized spacial score (nSPS) is 12.9. The lowest BCUT2D eigenvalue weighted by Gasteiger charge is -2.13. The molecule has 1 heterocycles. The molecule has 1 N–H and O–H groups in total. The first-order chi connectivity index (χ1) is 7.00. The van der Waals surface area contributed by atoms with Gasteiger partial charge in [0.05, 0.1) is 5.38 Å². The third kappa shape index (κ3) is 3.59. The molecule has 1 rings (SSSR count). The van der Waals surface area contributed by atoms with Crippen molar-refractivity contribution in [3.8, 4) is 0 Å². The van der Waals surface area contributed by atoms with Gasteiger partial charge in [-0.15, -0.1) is 11.6 Å². The summed E-state index contributed by atoms with van der Waals surface area (Å²) in [7, 11) is 0. The van der Waals surface area contributed by atoms with Crippen LogP contribution >= 0.6 is 11.6 Å². The van der Waals surface area contributed by atoms with E-state index in [9.17, 15) is 4.79 Å². The standard InChI is InChI=1S/C11H16ClNO2/c1-7(2)9(12)6-13-11(14)10-5-4-8(3)15-10/h4-5,7,9H,6H2,1-3H3,(H,13,14). The number of carbonyl (C=O) groups excluding carboxylic acids is 1. The van der Waals surface area contributed by atoms with Gasteiger partial charge in [0, 0.05) is 6.54 Å². The molecule has 0 aliphatic heterocycles. The van der Waals surface area contributed by atoms with E-state index >= 15 is 0 Å². The van der Waals surface area contributed by atoms with Crippen LogP contribution in [0.25, 0.3) is 0 Å². The van der Waals surface area contributed by atoms with Gasteiger partial charge in [0.1, 0.15) is 5.76 Å². The van der Waals surface area contributed by atoms with E-state index in [1.54, 1.807) is 19.1 Å². The Morgan fingerprint density at radius 2 is 2.20 bits per heavy atom. The number of rotatable bonds is 4. The van der Waals surface area contributed by atoms with E-state index in [0.717, 1.165) is 5.76 Å². The van der Waals surface area contributed by atoms with Crippen LogP contribution in [0.15, 0.2) is 16.5 Å². The maximum atomic E-state index is 11.5. The first-order valence-electron chi connectivity index (χ1n) is 4.99. The fourth-order valence-corrected chi connectivity index (χ4v) is 1.15. The predicted octanol–water partition coefficient (Wildman–Crippen LogP) is 2.58. The van der Waals surface area contributed by atoms with Gasteiger partial charge in [-0.05, 0) is 25.0 Å². The van der Waals surface area contributed by atoms with Crippen LogP contribution < -0.4 is 5.32 Å². The van der Waals surface area contributed by atoms with Gasteiger partial charge >= 0.3 is 0 Å². The van der Waals surface area contributed by atoms with Crippen molar-refractivity contribution in [2.45, 2.75) is 26.1 Å². The molecule has 1 aromatic rings. The molecular weight excluding hydrogens is 214 g/mol. The van der Waals surface area contributed by atoms with Crippen LogP contribution in [0, 0.1) is 12.8 Å². The Kier molecular flexibility index (Phi) is 4.21. The van der Waals surface area contributed by atoms with Crippen molar-refractivity contribution in [2.24, 2.45) is 5.92 Å². The number of hydrogen-bond acceptors (Lipinski definition) is 2. The van der Waals surface area contributed by atoms with Crippen molar-refractivity contribution in [2.75, 3.05) is 6.54 Å². The Hall–Kier alpha value is -0.960. The molecule has 1 aromatic heterocycles. The summed E-state index contributed by atoms with van der Waals surface area (Å²) in [5.74, 6) is 1.19. The molecule has 0 saturated heterocycles. The minimum Gasteiger partial charge on any atom is -0.456 e. The third-order valence-corrected chi connectivity index (χ3v) is 2.80. The average Bonchev–Trinajstić information content (AvgIpc) is 2.60. The highest BCUT2D eigenvalue weighted by Gasteiger charge is 2.13. The Bertz CT molecular complexity index is 333. The van der Waals surface area contributed by atoms with Crippen LogP contribution in [0.4, 0.5) is 0 Å². The largest absolute Gasteiger partial charge is 0.456 e. The Morgan fingerprint density at radius 1 is 1.53 bits per heavy atom. The zero-order valence-electron chi connectivity index (χ0n) is 9.21. The van der Waals surface area contributed by atoms with Gasteiger partial charge in [0.2, 0.25) is 0 Å². The highest BCUT2D eigenvalue weighted by Crippen LogP contribution is 2.09. The minimum atomic E-state index is -0.214. The van der Waals surface area contributed by atoms with Crippen molar-refractivity contribution >= 4 is 17.5 Å². The summed E-state index contributed by atoms with van der Waals surface area (Å²) in [4.78, 5) is 11.5. The fourth-order valence-electron chi connectivity index (χ4n) is 1.07. The van der Waals surface area contributed by atoms with E-state index in [1.165, 1.54) is 0 Å². The summed E-state index contributed by atoms with van der Waals surface area (Å²) in [6.45, 7) is 6.29. The molecular formula is C11H16ClNO2. The molecule has 1 amide bonds. The molecule has 0 aliphatic carbocycles. The molecule has 0 fully saturated rings. The van der Waals surface area contributed by atoms with Crippen LogP contribution in [-0.4, -0.2) is 17.8 Å².